The van der Waals surface area contributed by atoms with Gasteiger partial charge in [-0.3, -0.25) is 19.8 Å². The summed E-state index contributed by atoms with van der Waals surface area (Å²) < 4.78 is 5.32. The first-order valence-electron chi connectivity index (χ1n) is 8.75. The van der Waals surface area contributed by atoms with Crippen LogP contribution in [0.4, 0.5) is 11.4 Å². The van der Waals surface area contributed by atoms with Gasteiger partial charge in [0.15, 0.2) is 0 Å². The zero-order valence-electron chi connectivity index (χ0n) is 14.9. The number of nitro benzene ring substituents is 1. The summed E-state index contributed by atoms with van der Waals surface area (Å²) in [5, 5.41) is 10.8. The Balaban J connectivity index is 1.81. The van der Waals surface area contributed by atoms with Crippen LogP contribution in [0.1, 0.15) is 32.3 Å². The minimum absolute atomic E-state index is 0.0638. The number of hydrogen-bond donors (Lipinski definition) is 1. The van der Waals surface area contributed by atoms with Crippen LogP contribution in [0, 0.1) is 16.0 Å². The molecule has 0 spiro atoms. The van der Waals surface area contributed by atoms with Crippen molar-refractivity contribution in [2.75, 3.05) is 32.0 Å². The molecule has 7 heteroatoms. The number of nitrogens with zero attached hydrogens (tertiary/aromatic N) is 2. The van der Waals surface area contributed by atoms with Crippen LogP contribution < -0.4 is 5.73 Å². The second kappa shape index (κ2) is 8.92. The van der Waals surface area contributed by atoms with Crippen molar-refractivity contribution in [1.29, 1.82) is 0 Å². The number of nitrogens with two attached hydrogens (primary N) is 1. The topological polar surface area (TPSA) is 98.7 Å². The van der Waals surface area contributed by atoms with Crippen LogP contribution in [0.2, 0.25) is 0 Å². The molecule has 1 heterocycles. The lowest BCUT2D eigenvalue weighted by molar-refractivity contribution is -0.383. The molecule has 138 valence electrons. The molecule has 25 heavy (non-hydrogen) atoms. The zero-order chi connectivity index (χ0) is 18.4. The largest absolute Gasteiger partial charge is 0.393 e. The summed E-state index contributed by atoms with van der Waals surface area (Å²) in [7, 11) is 0. The highest BCUT2D eigenvalue weighted by atomic mass is 16.6. The van der Waals surface area contributed by atoms with Gasteiger partial charge in [-0.05, 0) is 37.3 Å². The molecule has 1 fully saturated rings. The minimum atomic E-state index is -0.478. The molecule has 0 aromatic heterocycles. The number of nitro groups is 1. The number of nitrogen functional groups attached to an aromatic ring is 1. The molecule has 0 aliphatic carbocycles. The van der Waals surface area contributed by atoms with E-state index in [-0.39, 0.29) is 23.2 Å². The summed E-state index contributed by atoms with van der Waals surface area (Å²) in [4.78, 5) is 24.9. The third-order valence-electron chi connectivity index (χ3n) is 4.82. The monoisotopic (exact) mass is 349 g/mol. The van der Waals surface area contributed by atoms with E-state index < -0.39 is 4.92 Å². The van der Waals surface area contributed by atoms with Gasteiger partial charge in [0.25, 0.3) is 5.69 Å². The van der Waals surface area contributed by atoms with Crippen molar-refractivity contribution in [1.82, 2.24) is 4.90 Å². The quantitative estimate of drug-likeness (QED) is 0.440. The number of ether oxygens (including phenoxy) is 1. The maximum Gasteiger partial charge on any atom is 0.292 e. The molecule has 1 aromatic carbocycles. The van der Waals surface area contributed by atoms with E-state index in [4.69, 9.17) is 10.5 Å². The summed E-state index contributed by atoms with van der Waals surface area (Å²) in [6, 6.07) is 4.78. The second-order valence-electron chi connectivity index (χ2n) is 6.79. The molecule has 7 nitrogen and oxygen atoms in total. The van der Waals surface area contributed by atoms with Crippen molar-refractivity contribution in [3.63, 3.8) is 0 Å². The molecule has 1 aliphatic rings. The Morgan fingerprint density at radius 1 is 1.36 bits per heavy atom. The highest BCUT2D eigenvalue weighted by Crippen LogP contribution is 2.24. The molecule has 0 bridgehead atoms. The fraction of sp³-hybridized carbons (Fsp3) is 0.611. The summed E-state index contributed by atoms with van der Waals surface area (Å²) >= 11 is 0. The van der Waals surface area contributed by atoms with Crippen LogP contribution in [0.25, 0.3) is 0 Å². The Labute approximate surface area is 148 Å². The number of Topliss-reactive ketones (excluding diaryl/α,β-unsaturated/α-hetero) is 1. The summed E-state index contributed by atoms with van der Waals surface area (Å²) in [6.45, 7) is 7.06. The Morgan fingerprint density at radius 3 is 2.64 bits per heavy atom. The third kappa shape index (κ3) is 5.51. The van der Waals surface area contributed by atoms with Gasteiger partial charge < -0.3 is 10.5 Å². The van der Waals surface area contributed by atoms with Gasteiger partial charge in [0.05, 0.1) is 24.2 Å². The third-order valence-corrected chi connectivity index (χ3v) is 4.82. The minimum Gasteiger partial charge on any atom is -0.393 e. The molecular formula is C18H27N3O4. The highest BCUT2D eigenvalue weighted by Gasteiger charge is 2.23. The molecule has 1 aromatic rings. The van der Waals surface area contributed by atoms with Crippen LogP contribution in [0.5, 0.6) is 0 Å². The molecule has 2 N–H and O–H groups in total. The van der Waals surface area contributed by atoms with Crippen molar-refractivity contribution < 1.29 is 14.5 Å². The van der Waals surface area contributed by atoms with Crippen molar-refractivity contribution in [2.24, 2.45) is 5.92 Å². The van der Waals surface area contributed by atoms with E-state index in [2.05, 4.69) is 11.8 Å². The molecule has 2 atom stereocenters. The maximum atomic E-state index is 12.4. The second-order valence-corrected chi connectivity index (χ2v) is 6.79. The Hall–Kier alpha value is -1.99. The smallest absolute Gasteiger partial charge is 0.292 e. The number of anilines is 1. The summed E-state index contributed by atoms with van der Waals surface area (Å²) in [5.41, 5.74) is 6.82. The Kier molecular flexibility index (Phi) is 6.90. The molecule has 1 saturated heterocycles. The average Bonchev–Trinajstić information content (AvgIpc) is 2.59. The summed E-state index contributed by atoms with van der Waals surface area (Å²) in [5.74, 6) is 0.568. The van der Waals surface area contributed by atoms with E-state index in [1.165, 1.54) is 6.07 Å². The standard InChI is InChI=1S/C18H27N3O4/c1-13(11-15-4-5-17(21(23)24)16(19)12-15)3-6-18(22)14(2)20-7-9-25-10-8-20/h4-5,12-14H,3,6-11,19H2,1-2H3/t13?,14-/m0/s1. The average molecular weight is 349 g/mol. The van der Waals surface area contributed by atoms with Crippen molar-refractivity contribution >= 4 is 17.2 Å². The SMILES string of the molecule is CC(CCC(=O)[C@H](C)N1CCOCC1)Cc1ccc([N+](=O)[O-])c(N)c1. The van der Waals surface area contributed by atoms with Gasteiger partial charge >= 0.3 is 0 Å². The first-order chi connectivity index (χ1) is 11.9. The van der Waals surface area contributed by atoms with E-state index in [1.807, 2.05) is 6.92 Å². The molecule has 0 radical (unpaired) electrons. The lowest BCUT2D eigenvalue weighted by Crippen LogP contribution is -2.45. The fourth-order valence-electron chi connectivity index (χ4n) is 3.17. The lowest BCUT2D eigenvalue weighted by atomic mass is 9.94. The van der Waals surface area contributed by atoms with Crippen LogP contribution in [0.3, 0.4) is 0 Å². The van der Waals surface area contributed by atoms with Gasteiger partial charge in [-0.15, -0.1) is 0 Å². The van der Waals surface area contributed by atoms with Gasteiger partial charge in [0.2, 0.25) is 0 Å². The van der Waals surface area contributed by atoms with Crippen molar-refractivity contribution in [3.8, 4) is 0 Å². The predicted octanol–water partition coefficient (Wildman–Crippen LogP) is 2.43. The number of benzene rings is 1. The molecule has 0 amide bonds. The fourth-order valence-corrected chi connectivity index (χ4v) is 3.17. The van der Waals surface area contributed by atoms with Gasteiger partial charge in [-0.1, -0.05) is 13.0 Å². The molecule has 0 saturated carbocycles. The maximum absolute atomic E-state index is 12.4. The van der Waals surface area contributed by atoms with E-state index >= 15 is 0 Å². The molecule has 1 aliphatic heterocycles. The highest BCUT2D eigenvalue weighted by molar-refractivity contribution is 5.83. The molecule has 1 unspecified atom stereocenters. The number of carbonyl (C=O) groups is 1. The number of ketones is 1. The molecular weight excluding hydrogens is 322 g/mol. The van der Waals surface area contributed by atoms with Gasteiger partial charge in [-0.2, -0.15) is 0 Å². The normalized spacial score (nSPS) is 17.8. The van der Waals surface area contributed by atoms with Crippen molar-refractivity contribution in [2.45, 2.75) is 39.2 Å². The Bertz CT molecular complexity index is 614. The molecule has 2 rings (SSSR count). The van der Waals surface area contributed by atoms with Crippen LogP contribution in [-0.4, -0.2) is 48.0 Å². The van der Waals surface area contributed by atoms with Crippen LogP contribution in [-0.2, 0) is 16.0 Å². The van der Waals surface area contributed by atoms with Crippen LogP contribution >= 0.6 is 0 Å². The first-order valence-corrected chi connectivity index (χ1v) is 8.75. The predicted molar refractivity (Wildman–Crippen MR) is 96.5 cm³/mol. The Morgan fingerprint density at radius 2 is 2.04 bits per heavy atom. The number of morpholine rings is 1. The van der Waals surface area contributed by atoms with E-state index in [0.29, 0.717) is 25.6 Å². The number of hydrogen-bond acceptors (Lipinski definition) is 6. The van der Waals surface area contributed by atoms with E-state index in [9.17, 15) is 14.9 Å². The van der Waals surface area contributed by atoms with Crippen LogP contribution in [0.15, 0.2) is 18.2 Å². The number of carbonyl (C=O) groups excluding carboxylic acids is 1. The zero-order valence-corrected chi connectivity index (χ0v) is 14.9. The van der Waals surface area contributed by atoms with Crippen molar-refractivity contribution in [3.05, 3.63) is 33.9 Å². The van der Waals surface area contributed by atoms with Gasteiger partial charge in [0, 0.05) is 25.6 Å². The van der Waals surface area contributed by atoms with E-state index in [1.54, 1.807) is 12.1 Å². The lowest BCUT2D eigenvalue weighted by Gasteiger charge is -2.31. The summed E-state index contributed by atoms with van der Waals surface area (Å²) in [6.07, 6.45) is 2.09. The van der Waals surface area contributed by atoms with Gasteiger partial charge in [0.1, 0.15) is 11.5 Å². The number of rotatable bonds is 8. The van der Waals surface area contributed by atoms with Gasteiger partial charge in [-0.25, -0.2) is 0 Å². The first kappa shape index (κ1) is 19.3. The van der Waals surface area contributed by atoms with E-state index in [0.717, 1.165) is 31.5 Å².